The summed E-state index contributed by atoms with van der Waals surface area (Å²) in [6.45, 7) is 0. The van der Waals surface area contributed by atoms with Crippen LogP contribution in [0.5, 0.6) is 11.5 Å². The number of methoxy groups -OCH3 is 1. The fourth-order valence-corrected chi connectivity index (χ4v) is 1.77. The van der Waals surface area contributed by atoms with Gasteiger partial charge in [-0.15, -0.1) is 0 Å². The van der Waals surface area contributed by atoms with Gasteiger partial charge in [0.25, 0.3) is 0 Å². The fraction of sp³-hybridized carbons (Fsp3) is 0.143. The van der Waals surface area contributed by atoms with Crippen molar-refractivity contribution in [2.45, 2.75) is 6.42 Å². The average molecular weight is 244 g/mol. The molecule has 2 rings (SSSR count). The van der Waals surface area contributed by atoms with Gasteiger partial charge in [-0.2, -0.15) is 0 Å². The van der Waals surface area contributed by atoms with E-state index in [-0.39, 0.29) is 5.75 Å². The van der Waals surface area contributed by atoms with E-state index in [0.717, 1.165) is 11.1 Å². The number of benzene rings is 2. The number of nitrogen functional groups attached to an aromatic ring is 2. The van der Waals surface area contributed by atoms with Crippen molar-refractivity contribution in [2.24, 2.45) is 0 Å². The second-order valence-electron chi connectivity index (χ2n) is 4.13. The molecule has 0 saturated heterocycles. The van der Waals surface area contributed by atoms with E-state index in [4.69, 9.17) is 16.2 Å². The van der Waals surface area contributed by atoms with Crippen LogP contribution in [0.15, 0.2) is 36.4 Å². The van der Waals surface area contributed by atoms with Crippen LogP contribution in [-0.2, 0) is 6.42 Å². The predicted molar refractivity (Wildman–Crippen MR) is 72.7 cm³/mol. The molecule has 0 atom stereocenters. The van der Waals surface area contributed by atoms with Gasteiger partial charge >= 0.3 is 0 Å². The first-order valence-electron chi connectivity index (χ1n) is 5.60. The first-order valence-corrected chi connectivity index (χ1v) is 5.60. The van der Waals surface area contributed by atoms with Gasteiger partial charge < -0.3 is 21.3 Å². The second kappa shape index (κ2) is 4.87. The van der Waals surface area contributed by atoms with Gasteiger partial charge in [0.1, 0.15) is 11.5 Å². The highest BCUT2D eigenvalue weighted by Crippen LogP contribution is 2.26. The lowest BCUT2D eigenvalue weighted by Gasteiger charge is -2.08. The molecule has 4 nitrogen and oxygen atoms in total. The third-order valence-corrected chi connectivity index (χ3v) is 2.84. The summed E-state index contributed by atoms with van der Waals surface area (Å²) in [5, 5.41) is 9.87. The van der Waals surface area contributed by atoms with Crippen molar-refractivity contribution in [1.29, 1.82) is 0 Å². The van der Waals surface area contributed by atoms with E-state index < -0.39 is 0 Å². The minimum atomic E-state index is 0.213. The topological polar surface area (TPSA) is 81.5 Å². The summed E-state index contributed by atoms with van der Waals surface area (Å²) in [5.74, 6) is 0.845. The minimum absolute atomic E-state index is 0.213. The highest BCUT2D eigenvalue weighted by atomic mass is 16.5. The summed E-state index contributed by atoms with van der Waals surface area (Å²) in [6.07, 6.45) is 0.598. The summed E-state index contributed by atoms with van der Waals surface area (Å²) in [5.41, 5.74) is 14.4. The molecule has 5 N–H and O–H groups in total. The summed E-state index contributed by atoms with van der Waals surface area (Å²) in [4.78, 5) is 0. The van der Waals surface area contributed by atoms with Crippen LogP contribution in [0, 0.1) is 0 Å². The molecule has 0 amide bonds. The summed E-state index contributed by atoms with van der Waals surface area (Å²) in [6, 6.07) is 10.7. The Bertz CT molecular complexity index is 568. The Morgan fingerprint density at radius 2 is 1.83 bits per heavy atom. The highest BCUT2D eigenvalue weighted by Gasteiger charge is 2.05. The Labute approximate surface area is 106 Å². The third kappa shape index (κ3) is 2.48. The van der Waals surface area contributed by atoms with E-state index in [0.29, 0.717) is 23.5 Å². The second-order valence-corrected chi connectivity index (χ2v) is 4.13. The molecule has 0 radical (unpaired) electrons. The molecule has 0 aliphatic carbocycles. The van der Waals surface area contributed by atoms with Crippen molar-refractivity contribution >= 4 is 11.4 Å². The summed E-state index contributed by atoms with van der Waals surface area (Å²) >= 11 is 0. The van der Waals surface area contributed by atoms with Crippen LogP contribution in [0.4, 0.5) is 11.4 Å². The smallest absolute Gasteiger partial charge is 0.122 e. The van der Waals surface area contributed by atoms with E-state index in [1.54, 1.807) is 19.2 Å². The standard InChI is InChI=1S/C14H16N2O2/c1-18-11-4-3-10(14(17)8-11)6-9-2-5-12(15)13(16)7-9/h2-5,7-8,17H,6,15-16H2,1H3. The summed E-state index contributed by atoms with van der Waals surface area (Å²) < 4.78 is 5.04. The summed E-state index contributed by atoms with van der Waals surface area (Å²) in [7, 11) is 1.56. The van der Waals surface area contributed by atoms with Gasteiger partial charge in [-0.1, -0.05) is 12.1 Å². The Morgan fingerprint density at radius 1 is 1.06 bits per heavy atom. The monoisotopic (exact) mass is 244 g/mol. The predicted octanol–water partition coefficient (Wildman–Crippen LogP) is 2.16. The largest absolute Gasteiger partial charge is 0.508 e. The minimum Gasteiger partial charge on any atom is -0.508 e. The number of ether oxygens (including phenoxy) is 1. The molecule has 0 saturated carbocycles. The molecular weight excluding hydrogens is 228 g/mol. The van der Waals surface area contributed by atoms with Crippen LogP contribution in [0.25, 0.3) is 0 Å². The third-order valence-electron chi connectivity index (χ3n) is 2.84. The number of rotatable bonds is 3. The van der Waals surface area contributed by atoms with Crippen molar-refractivity contribution < 1.29 is 9.84 Å². The van der Waals surface area contributed by atoms with Crippen LogP contribution in [0.1, 0.15) is 11.1 Å². The Kier molecular flexibility index (Phi) is 3.28. The van der Waals surface area contributed by atoms with Gasteiger partial charge in [-0.25, -0.2) is 0 Å². The molecule has 18 heavy (non-hydrogen) atoms. The number of hydrogen-bond donors (Lipinski definition) is 3. The van der Waals surface area contributed by atoms with E-state index in [9.17, 15) is 5.11 Å². The maximum atomic E-state index is 9.87. The lowest BCUT2D eigenvalue weighted by atomic mass is 10.0. The number of nitrogens with two attached hydrogens (primary N) is 2. The Morgan fingerprint density at radius 3 is 2.44 bits per heavy atom. The number of aromatic hydroxyl groups is 1. The zero-order chi connectivity index (χ0) is 13.1. The number of hydrogen-bond acceptors (Lipinski definition) is 4. The molecule has 2 aromatic rings. The van der Waals surface area contributed by atoms with Crippen LogP contribution in [0.3, 0.4) is 0 Å². The fourth-order valence-electron chi connectivity index (χ4n) is 1.77. The van der Waals surface area contributed by atoms with Gasteiger partial charge in [-0.3, -0.25) is 0 Å². The number of phenols is 1. The molecule has 0 heterocycles. The molecule has 0 bridgehead atoms. The molecule has 0 aliphatic heterocycles. The Balaban J connectivity index is 2.25. The van der Waals surface area contributed by atoms with Crippen molar-refractivity contribution in [3.8, 4) is 11.5 Å². The first-order chi connectivity index (χ1) is 8.60. The average Bonchev–Trinajstić information content (AvgIpc) is 2.36. The van der Waals surface area contributed by atoms with Gasteiger partial charge in [0, 0.05) is 12.5 Å². The SMILES string of the molecule is COc1ccc(Cc2ccc(N)c(N)c2)c(O)c1. The normalized spacial score (nSPS) is 10.3. The maximum absolute atomic E-state index is 9.87. The van der Waals surface area contributed by atoms with Crippen molar-refractivity contribution in [1.82, 2.24) is 0 Å². The molecule has 94 valence electrons. The van der Waals surface area contributed by atoms with E-state index >= 15 is 0 Å². The number of anilines is 2. The van der Waals surface area contributed by atoms with Gasteiger partial charge in [0.2, 0.25) is 0 Å². The molecule has 0 aromatic heterocycles. The first kappa shape index (κ1) is 12.1. The van der Waals surface area contributed by atoms with Crippen LogP contribution < -0.4 is 16.2 Å². The zero-order valence-corrected chi connectivity index (χ0v) is 10.2. The lowest BCUT2D eigenvalue weighted by Crippen LogP contribution is -1.97. The molecule has 0 fully saturated rings. The van der Waals surface area contributed by atoms with Crippen LogP contribution in [0.2, 0.25) is 0 Å². The van der Waals surface area contributed by atoms with E-state index in [2.05, 4.69) is 0 Å². The zero-order valence-electron chi connectivity index (χ0n) is 10.2. The maximum Gasteiger partial charge on any atom is 0.122 e. The quantitative estimate of drug-likeness (QED) is 0.723. The van der Waals surface area contributed by atoms with E-state index in [1.807, 2.05) is 24.3 Å². The van der Waals surface area contributed by atoms with Crippen molar-refractivity contribution in [3.63, 3.8) is 0 Å². The molecule has 2 aromatic carbocycles. The highest BCUT2D eigenvalue weighted by molar-refractivity contribution is 5.64. The van der Waals surface area contributed by atoms with Crippen LogP contribution in [-0.4, -0.2) is 12.2 Å². The van der Waals surface area contributed by atoms with Gasteiger partial charge in [0.15, 0.2) is 0 Å². The van der Waals surface area contributed by atoms with Crippen molar-refractivity contribution in [3.05, 3.63) is 47.5 Å². The van der Waals surface area contributed by atoms with Gasteiger partial charge in [0.05, 0.1) is 18.5 Å². The van der Waals surface area contributed by atoms with E-state index in [1.165, 1.54) is 0 Å². The lowest BCUT2D eigenvalue weighted by molar-refractivity contribution is 0.406. The van der Waals surface area contributed by atoms with Crippen LogP contribution >= 0.6 is 0 Å². The molecule has 0 aliphatic rings. The molecule has 4 heteroatoms. The van der Waals surface area contributed by atoms with Gasteiger partial charge in [-0.05, 0) is 29.3 Å². The Hall–Kier alpha value is -2.36. The number of phenolic OH excluding ortho intramolecular Hbond substituents is 1. The molecular formula is C14H16N2O2. The van der Waals surface area contributed by atoms with Crippen molar-refractivity contribution in [2.75, 3.05) is 18.6 Å². The molecule has 0 unspecified atom stereocenters. The molecule has 0 spiro atoms.